The van der Waals surface area contributed by atoms with Crippen molar-refractivity contribution in [3.05, 3.63) is 22.2 Å². The molecule has 0 saturated carbocycles. The first kappa shape index (κ1) is 5.61. The lowest BCUT2D eigenvalue weighted by Gasteiger charge is -1.72. The zero-order valence-corrected chi connectivity index (χ0v) is 4.37. The Morgan fingerprint density at radius 3 is 3.11 bits per heavy atom. The van der Waals surface area contributed by atoms with Crippen LogP contribution in [0.1, 0.15) is 5.76 Å². The van der Waals surface area contributed by atoms with Crippen molar-refractivity contribution in [1.82, 2.24) is 5.16 Å². The largest absolute Gasteiger partial charge is 0.411 e. The van der Waals surface area contributed by atoms with Crippen LogP contribution in [0.3, 0.4) is 0 Å². The molecule has 0 aliphatic carbocycles. The van der Waals surface area contributed by atoms with Crippen molar-refractivity contribution in [1.29, 1.82) is 0 Å². The summed E-state index contributed by atoms with van der Waals surface area (Å²) < 4.78 is 4.46. The second kappa shape index (κ2) is 2.17. The summed E-state index contributed by atoms with van der Waals surface area (Å²) >= 11 is 0. The number of rotatable bonds is 1. The summed E-state index contributed by atoms with van der Waals surface area (Å²) in [7, 11) is 0. The SMILES string of the molecule is O=c1cc(C=NO)o[nH]1. The number of aromatic nitrogens is 1. The fourth-order valence-corrected chi connectivity index (χ4v) is 0.418. The van der Waals surface area contributed by atoms with Gasteiger partial charge in [0.1, 0.15) is 6.21 Å². The van der Waals surface area contributed by atoms with E-state index in [1.54, 1.807) is 0 Å². The van der Waals surface area contributed by atoms with Crippen LogP contribution in [0, 0.1) is 0 Å². The van der Waals surface area contributed by atoms with Crippen molar-refractivity contribution >= 4 is 6.21 Å². The molecule has 0 unspecified atom stereocenters. The Morgan fingerprint density at radius 2 is 2.67 bits per heavy atom. The van der Waals surface area contributed by atoms with E-state index in [0.717, 1.165) is 6.21 Å². The van der Waals surface area contributed by atoms with Crippen molar-refractivity contribution in [3.8, 4) is 0 Å². The summed E-state index contributed by atoms with van der Waals surface area (Å²) in [5, 5.41) is 12.6. The number of hydrogen-bond acceptors (Lipinski definition) is 4. The van der Waals surface area contributed by atoms with Gasteiger partial charge in [0.05, 0.1) is 6.07 Å². The summed E-state index contributed by atoms with van der Waals surface area (Å²) in [5.74, 6) is 0.197. The Morgan fingerprint density at radius 1 is 1.89 bits per heavy atom. The highest BCUT2D eigenvalue weighted by atomic mass is 16.5. The van der Waals surface area contributed by atoms with Crippen LogP contribution in [-0.2, 0) is 0 Å². The van der Waals surface area contributed by atoms with Crippen molar-refractivity contribution in [3.63, 3.8) is 0 Å². The molecule has 5 nitrogen and oxygen atoms in total. The minimum Gasteiger partial charge on any atom is -0.411 e. The lowest BCUT2D eigenvalue weighted by atomic mass is 10.5. The van der Waals surface area contributed by atoms with E-state index in [9.17, 15) is 4.79 Å². The van der Waals surface area contributed by atoms with Crippen LogP contribution in [0.25, 0.3) is 0 Å². The van der Waals surface area contributed by atoms with E-state index < -0.39 is 0 Å². The zero-order valence-electron chi connectivity index (χ0n) is 4.37. The van der Waals surface area contributed by atoms with Gasteiger partial charge in [-0.05, 0) is 0 Å². The van der Waals surface area contributed by atoms with Crippen LogP contribution in [0.15, 0.2) is 20.5 Å². The van der Waals surface area contributed by atoms with Gasteiger partial charge in [0, 0.05) is 0 Å². The van der Waals surface area contributed by atoms with E-state index >= 15 is 0 Å². The Balaban J connectivity index is 2.98. The molecule has 0 bridgehead atoms. The van der Waals surface area contributed by atoms with Gasteiger partial charge in [0.25, 0.3) is 5.56 Å². The highest BCUT2D eigenvalue weighted by Gasteiger charge is 1.92. The number of hydrogen-bond donors (Lipinski definition) is 2. The van der Waals surface area contributed by atoms with Gasteiger partial charge in [-0.1, -0.05) is 5.16 Å². The summed E-state index contributed by atoms with van der Waals surface area (Å²) in [4.78, 5) is 10.3. The summed E-state index contributed by atoms with van der Waals surface area (Å²) in [6.07, 6.45) is 1.01. The molecule has 0 radical (unpaired) electrons. The molecule has 48 valence electrons. The molecule has 1 aromatic heterocycles. The molecule has 2 N–H and O–H groups in total. The quantitative estimate of drug-likeness (QED) is 0.311. The Kier molecular flexibility index (Phi) is 1.35. The van der Waals surface area contributed by atoms with Gasteiger partial charge in [-0.25, -0.2) is 0 Å². The predicted molar refractivity (Wildman–Crippen MR) is 28.7 cm³/mol. The minimum absolute atomic E-state index is 0.197. The van der Waals surface area contributed by atoms with Crippen molar-refractivity contribution in [2.24, 2.45) is 5.16 Å². The highest BCUT2D eigenvalue weighted by Crippen LogP contribution is 1.84. The number of oxime groups is 1. The van der Waals surface area contributed by atoms with E-state index in [2.05, 4.69) is 9.68 Å². The first-order valence-corrected chi connectivity index (χ1v) is 2.19. The molecule has 0 saturated heterocycles. The van der Waals surface area contributed by atoms with Gasteiger partial charge < -0.3 is 9.73 Å². The maximum absolute atomic E-state index is 10.3. The van der Waals surface area contributed by atoms with Gasteiger partial charge in [-0.15, -0.1) is 0 Å². The molecule has 0 amide bonds. The number of H-pyrrole nitrogens is 1. The van der Waals surface area contributed by atoms with Crippen molar-refractivity contribution in [2.45, 2.75) is 0 Å². The van der Waals surface area contributed by atoms with Gasteiger partial charge in [0.15, 0.2) is 5.76 Å². The molecule has 5 heteroatoms. The van der Waals surface area contributed by atoms with Crippen LogP contribution < -0.4 is 5.56 Å². The number of nitrogens with one attached hydrogen (secondary N) is 1. The first-order valence-electron chi connectivity index (χ1n) is 2.19. The molecule has 0 aliphatic rings. The third kappa shape index (κ3) is 1.18. The van der Waals surface area contributed by atoms with E-state index in [0.29, 0.717) is 0 Å². The molecule has 0 atom stereocenters. The molecule has 1 aromatic rings. The fraction of sp³-hybridized carbons (Fsp3) is 0. The number of nitrogens with zero attached hydrogens (tertiary/aromatic N) is 1. The van der Waals surface area contributed by atoms with E-state index in [1.165, 1.54) is 6.07 Å². The Labute approximate surface area is 49.6 Å². The topological polar surface area (TPSA) is 78.6 Å². The standard InChI is InChI=1S/C4H4N2O3/c7-4-1-3(2-5-8)9-6-4/h1-2,8H,(H,6,7). The molecule has 1 rings (SSSR count). The lowest BCUT2D eigenvalue weighted by Crippen LogP contribution is -1.92. The molecule has 0 aliphatic heterocycles. The molecule has 1 heterocycles. The van der Waals surface area contributed by atoms with Gasteiger partial charge in [0.2, 0.25) is 0 Å². The van der Waals surface area contributed by atoms with Crippen LogP contribution in [0.2, 0.25) is 0 Å². The average molecular weight is 128 g/mol. The van der Waals surface area contributed by atoms with E-state index in [4.69, 9.17) is 5.21 Å². The van der Waals surface area contributed by atoms with E-state index in [1.807, 2.05) is 5.16 Å². The van der Waals surface area contributed by atoms with Crippen molar-refractivity contribution < 1.29 is 9.73 Å². The molecular weight excluding hydrogens is 124 g/mol. The Bertz CT molecular complexity index is 259. The van der Waals surface area contributed by atoms with Gasteiger partial charge in [-0.2, -0.15) is 5.16 Å². The van der Waals surface area contributed by atoms with Crippen LogP contribution in [0.5, 0.6) is 0 Å². The normalized spacial score (nSPS) is 10.7. The second-order valence-electron chi connectivity index (χ2n) is 1.36. The fourth-order valence-electron chi connectivity index (χ4n) is 0.418. The Hall–Kier alpha value is -1.52. The van der Waals surface area contributed by atoms with E-state index in [-0.39, 0.29) is 11.3 Å². The molecule has 0 spiro atoms. The smallest absolute Gasteiger partial charge is 0.280 e. The lowest BCUT2D eigenvalue weighted by molar-refractivity contribution is 0.319. The molecule has 9 heavy (non-hydrogen) atoms. The summed E-state index contributed by atoms with van der Waals surface area (Å²) in [5.41, 5.74) is -0.357. The first-order chi connectivity index (χ1) is 4.33. The molecule has 0 aromatic carbocycles. The van der Waals surface area contributed by atoms with Crippen LogP contribution >= 0.6 is 0 Å². The van der Waals surface area contributed by atoms with Crippen molar-refractivity contribution in [2.75, 3.05) is 0 Å². The molecule has 0 fully saturated rings. The zero-order chi connectivity index (χ0) is 6.69. The van der Waals surface area contributed by atoms with Crippen LogP contribution in [-0.4, -0.2) is 16.6 Å². The molecular formula is C4H4N2O3. The third-order valence-corrected chi connectivity index (χ3v) is 0.728. The summed E-state index contributed by atoms with van der Waals surface area (Å²) in [6.45, 7) is 0. The minimum atomic E-state index is -0.357. The highest BCUT2D eigenvalue weighted by molar-refractivity contribution is 5.74. The average Bonchev–Trinajstić information content (AvgIpc) is 2.17. The van der Waals surface area contributed by atoms with Gasteiger partial charge >= 0.3 is 0 Å². The maximum atomic E-state index is 10.3. The number of aromatic amines is 1. The van der Waals surface area contributed by atoms with Crippen LogP contribution in [0.4, 0.5) is 0 Å². The van der Waals surface area contributed by atoms with Gasteiger partial charge in [-0.3, -0.25) is 4.79 Å². The maximum Gasteiger partial charge on any atom is 0.280 e. The monoisotopic (exact) mass is 128 g/mol. The third-order valence-electron chi connectivity index (χ3n) is 0.728. The second-order valence-corrected chi connectivity index (χ2v) is 1.36. The summed E-state index contributed by atoms with van der Waals surface area (Å²) in [6, 6.07) is 1.17. The predicted octanol–water partition coefficient (Wildman–Crippen LogP) is -0.224.